The van der Waals surface area contributed by atoms with Crippen LogP contribution in [0.15, 0.2) is 0 Å². The van der Waals surface area contributed by atoms with E-state index in [1.165, 1.54) is 38.5 Å². The molecule has 0 heterocycles. The minimum Gasteiger partial charge on any atom is -0.363 e. The second-order valence-corrected chi connectivity index (χ2v) is 5.65. The first-order valence-corrected chi connectivity index (χ1v) is 7.28. The zero-order valence-corrected chi connectivity index (χ0v) is 12.1. The van der Waals surface area contributed by atoms with Crippen molar-refractivity contribution in [2.24, 2.45) is 0 Å². The summed E-state index contributed by atoms with van der Waals surface area (Å²) in [6.07, 6.45) is 9.17. The van der Waals surface area contributed by atoms with Crippen molar-refractivity contribution in [1.82, 2.24) is 15.5 Å². The normalized spacial score (nSPS) is 17.8. The Labute approximate surface area is 111 Å². The van der Waals surface area contributed by atoms with E-state index in [0.717, 1.165) is 24.6 Å². The molecule has 1 aliphatic carbocycles. The molecule has 0 aliphatic heterocycles. The highest BCUT2D eigenvalue weighted by atomic mass is 32.1. The molecule has 1 saturated carbocycles. The van der Waals surface area contributed by atoms with Crippen LogP contribution < -0.4 is 10.6 Å². The van der Waals surface area contributed by atoms with Crippen LogP contribution in [0, 0.1) is 0 Å². The first kappa shape index (κ1) is 14.7. The topological polar surface area (TPSA) is 27.3 Å². The summed E-state index contributed by atoms with van der Waals surface area (Å²) in [5, 5.41) is 7.60. The molecule has 0 aromatic carbocycles. The molecule has 0 spiro atoms. The lowest BCUT2D eigenvalue weighted by Crippen LogP contribution is -2.42. The number of rotatable bonds is 5. The summed E-state index contributed by atoms with van der Waals surface area (Å²) in [6, 6.07) is 0.603. The number of nitrogens with one attached hydrogen (secondary N) is 2. The van der Waals surface area contributed by atoms with Crippen LogP contribution >= 0.6 is 12.2 Å². The van der Waals surface area contributed by atoms with Crippen LogP contribution in [-0.2, 0) is 0 Å². The van der Waals surface area contributed by atoms with Crippen LogP contribution in [0.1, 0.15) is 44.9 Å². The highest BCUT2D eigenvalue weighted by Gasteiger charge is 2.12. The van der Waals surface area contributed by atoms with Crippen LogP contribution in [-0.4, -0.2) is 43.2 Å². The average molecular weight is 257 g/mol. The van der Waals surface area contributed by atoms with Crippen LogP contribution in [0.3, 0.4) is 0 Å². The summed E-state index contributed by atoms with van der Waals surface area (Å²) in [7, 11) is 4.20. The van der Waals surface area contributed by atoms with Gasteiger partial charge in [0.2, 0.25) is 0 Å². The summed E-state index contributed by atoms with van der Waals surface area (Å²) in [4.78, 5) is 2.20. The first-order chi connectivity index (χ1) is 8.18. The molecular formula is C13H27N3S. The van der Waals surface area contributed by atoms with Crippen molar-refractivity contribution < 1.29 is 0 Å². The molecule has 0 bridgehead atoms. The zero-order valence-electron chi connectivity index (χ0n) is 11.3. The molecule has 1 fully saturated rings. The van der Waals surface area contributed by atoms with Crippen molar-refractivity contribution >= 4 is 17.3 Å². The fourth-order valence-electron chi connectivity index (χ4n) is 2.26. The Balaban J connectivity index is 2.07. The molecule has 0 atom stereocenters. The molecule has 3 nitrogen and oxygen atoms in total. The van der Waals surface area contributed by atoms with E-state index in [0.29, 0.717) is 6.04 Å². The van der Waals surface area contributed by atoms with Gasteiger partial charge in [-0.3, -0.25) is 0 Å². The molecule has 0 radical (unpaired) electrons. The van der Waals surface area contributed by atoms with Gasteiger partial charge in [0.15, 0.2) is 5.11 Å². The monoisotopic (exact) mass is 257 g/mol. The number of hydrogen-bond acceptors (Lipinski definition) is 2. The fraction of sp³-hybridized carbons (Fsp3) is 0.923. The Morgan fingerprint density at radius 2 is 1.82 bits per heavy atom. The number of nitrogens with zero attached hydrogens (tertiary/aromatic N) is 1. The van der Waals surface area contributed by atoms with Gasteiger partial charge in [0.25, 0.3) is 0 Å². The summed E-state index contributed by atoms with van der Waals surface area (Å²) in [6.45, 7) is 2.08. The Kier molecular flexibility index (Phi) is 7.53. The van der Waals surface area contributed by atoms with E-state index in [2.05, 4.69) is 29.6 Å². The third-order valence-corrected chi connectivity index (χ3v) is 3.52. The predicted molar refractivity (Wildman–Crippen MR) is 78.4 cm³/mol. The molecule has 1 aliphatic rings. The lowest BCUT2D eigenvalue weighted by molar-refractivity contribution is 0.399. The highest BCUT2D eigenvalue weighted by Crippen LogP contribution is 2.16. The summed E-state index contributed by atoms with van der Waals surface area (Å²) < 4.78 is 0. The van der Waals surface area contributed by atoms with E-state index < -0.39 is 0 Å². The molecule has 0 amide bonds. The van der Waals surface area contributed by atoms with Crippen LogP contribution in [0.4, 0.5) is 0 Å². The second kappa shape index (κ2) is 8.70. The largest absolute Gasteiger partial charge is 0.363 e. The van der Waals surface area contributed by atoms with E-state index in [4.69, 9.17) is 12.2 Å². The molecule has 4 heteroatoms. The Bertz CT molecular complexity index is 211. The molecule has 2 N–H and O–H groups in total. The van der Waals surface area contributed by atoms with Gasteiger partial charge >= 0.3 is 0 Å². The maximum Gasteiger partial charge on any atom is 0.166 e. The minimum absolute atomic E-state index is 0.603. The summed E-state index contributed by atoms with van der Waals surface area (Å²) >= 11 is 5.32. The lowest BCUT2D eigenvalue weighted by atomic mass is 10.1. The van der Waals surface area contributed by atoms with Crippen molar-refractivity contribution in [3.8, 4) is 0 Å². The molecule has 1 rings (SSSR count). The number of thiocarbonyl (C=S) groups is 1. The third kappa shape index (κ3) is 7.55. The van der Waals surface area contributed by atoms with Gasteiger partial charge < -0.3 is 15.5 Å². The van der Waals surface area contributed by atoms with E-state index in [9.17, 15) is 0 Å². The maximum absolute atomic E-state index is 5.32. The Morgan fingerprint density at radius 3 is 2.41 bits per heavy atom. The SMILES string of the molecule is CN(C)CCCNC(=S)NC1CCCCCC1. The molecule has 0 unspecified atom stereocenters. The van der Waals surface area contributed by atoms with Gasteiger partial charge in [0.1, 0.15) is 0 Å². The predicted octanol–water partition coefficient (Wildman–Crippen LogP) is 2.12. The molecular weight excluding hydrogens is 230 g/mol. The van der Waals surface area contributed by atoms with Gasteiger partial charge in [-0.05, 0) is 52.1 Å². The maximum atomic E-state index is 5.32. The molecule has 17 heavy (non-hydrogen) atoms. The summed E-state index contributed by atoms with van der Waals surface area (Å²) in [5.41, 5.74) is 0. The Morgan fingerprint density at radius 1 is 1.18 bits per heavy atom. The fourth-order valence-corrected chi connectivity index (χ4v) is 2.53. The average Bonchev–Trinajstić information content (AvgIpc) is 2.53. The van der Waals surface area contributed by atoms with E-state index in [1.807, 2.05) is 0 Å². The minimum atomic E-state index is 0.603. The molecule has 100 valence electrons. The van der Waals surface area contributed by atoms with Crippen molar-refractivity contribution in [3.63, 3.8) is 0 Å². The van der Waals surface area contributed by atoms with Crippen molar-refractivity contribution in [3.05, 3.63) is 0 Å². The van der Waals surface area contributed by atoms with Gasteiger partial charge in [-0.2, -0.15) is 0 Å². The molecule has 0 aromatic rings. The van der Waals surface area contributed by atoms with Crippen LogP contribution in [0.5, 0.6) is 0 Å². The summed E-state index contributed by atoms with van der Waals surface area (Å²) in [5.74, 6) is 0. The zero-order chi connectivity index (χ0) is 12.5. The Hall–Kier alpha value is -0.350. The second-order valence-electron chi connectivity index (χ2n) is 5.25. The molecule has 0 aromatic heterocycles. The highest BCUT2D eigenvalue weighted by molar-refractivity contribution is 7.80. The van der Waals surface area contributed by atoms with Crippen LogP contribution in [0.2, 0.25) is 0 Å². The quantitative estimate of drug-likeness (QED) is 0.448. The lowest BCUT2D eigenvalue weighted by Gasteiger charge is -2.19. The smallest absolute Gasteiger partial charge is 0.166 e. The van der Waals surface area contributed by atoms with Crippen molar-refractivity contribution in [1.29, 1.82) is 0 Å². The van der Waals surface area contributed by atoms with Gasteiger partial charge in [0.05, 0.1) is 0 Å². The number of hydrogen-bond donors (Lipinski definition) is 2. The van der Waals surface area contributed by atoms with Gasteiger partial charge in [0, 0.05) is 12.6 Å². The van der Waals surface area contributed by atoms with E-state index >= 15 is 0 Å². The van der Waals surface area contributed by atoms with Gasteiger partial charge in [-0.15, -0.1) is 0 Å². The molecule has 0 saturated heterocycles. The van der Waals surface area contributed by atoms with Crippen molar-refractivity contribution in [2.45, 2.75) is 51.0 Å². The van der Waals surface area contributed by atoms with E-state index in [1.54, 1.807) is 0 Å². The van der Waals surface area contributed by atoms with Crippen molar-refractivity contribution in [2.75, 3.05) is 27.2 Å². The standard InChI is InChI=1S/C13H27N3S/c1-16(2)11-7-10-14-13(17)15-12-8-5-3-4-6-9-12/h12H,3-11H2,1-2H3,(H2,14,15,17). The third-order valence-electron chi connectivity index (χ3n) is 3.26. The van der Waals surface area contributed by atoms with Crippen LogP contribution in [0.25, 0.3) is 0 Å². The van der Waals surface area contributed by atoms with Gasteiger partial charge in [-0.1, -0.05) is 25.7 Å². The van der Waals surface area contributed by atoms with E-state index in [-0.39, 0.29) is 0 Å². The van der Waals surface area contributed by atoms with Gasteiger partial charge in [-0.25, -0.2) is 0 Å². The first-order valence-electron chi connectivity index (χ1n) is 6.87.